The zero-order chi connectivity index (χ0) is 19.4. The SMILES string of the molecule is O=C(Nc1cc(N2CCOCC2)c([N+](=O)[O-])cc1[N+](=O)[O-])C1CCCCC1. The van der Waals surface area contributed by atoms with Crippen LogP contribution in [0.4, 0.5) is 22.7 Å². The second-order valence-corrected chi connectivity index (χ2v) is 6.80. The number of rotatable bonds is 5. The van der Waals surface area contributed by atoms with Crippen molar-refractivity contribution in [2.45, 2.75) is 32.1 Å². The van der Waals surface area contributed by atoms with Gasteiger partial charge in [0.15, 0.2) is 0 Å². The number of anilines is 2. The van der Waals surface area contributed by atoms with Crippen molar-refractivity contribution in [1.29, 1.82) is 0 Å². The van der Waals surface area contributed by atoms with Gasteiger partial charge in [0.1, 0.15) is 11.4 Å². The van der Waals surface area contributed by atoms with E-state index in [4.69, 9.17) is 4.74 Å². The lowest BCUT2D eigenvalue weighted by Gasteiger charge is -2.28. The normalized spacial score (nSPS) is 18.1. The van der Waals surface area contributed by atoms with E-state index in [0.717, 1.165) is 38.2 Å². The summed E-state index contributed by atoms with van der Waals surface area (Å²) in [5, 5.41) is 25.5. The van der Waals surface area contributed by atoms with Crippen LogP contribution >= 0.6 is 0 Å². The topological polar surface area (TPSA) is 128 Å². The third kappa shape index (κ3) is 4.33. The van der Waals surface area contributed by atoms with Gasteiger partial charge in [0.2, 0.25) is 5.91 Å². The molecule has 1 heterocycles. The molecule has 0 bridgehead atoms. The minimum absolute atomic E-state index is 0.00247. The molecule has 0 unspecified atom stereocenters. The van der Waals surface area contributed by atoms with Crippen molar-refractivity contribution < 1.29 is 19.4 Å². The number of carbonyl (C=O) groups excluding carboxylic acids is 1. The van der Waals surface area contributed by atoms with Crippen LogP contribution in [0.25, 0.3) is 0 Å². The van der Waals surface area contributed by atoms with Crippen LogP contribution in [0, 0.1) is 26.1 Å². The molecule has 1 N–H and O–H groups in total. The number of nitrogens with zero attached hydrogens (tertiary/aromatic N) is 3. The van der Waals surface area contributed by atoms with Gasteiger partial charge in [-0.2, -0.15) is 0 Å². The van der Waals surface area contributed by atoms with Crippen LogP contribution in [0.15, 0.2) is 12.1 Å². The van der Waals surface area contributed by atoms with E-state index in [1.807, 2.05) is 0 Å². The van der Waals surface area contributed by atoms with E-state index in [1.165, 1.54) is 6.07 Å². The molecule has 1 aliphatic carbocycles. The summed E-state index contributed by atoms with van der Waals surface area (Å²) < 4.78 is 5.27. The van der Waals surface area contributed by atoms with Crippen molar-refractivity contribution in [3.05, 3.63) is 32.4 Å². The molecule has 0 aromatic heterocycles. The lowest BCUT2D eigenvalue weighted by Crippen LogP contribution is -2.36. The second-order valence-electron chi connectivity index (χ2n) is 6.80. The molecular formula is C17H22N4O6. The zero-order valence-electron chi connectivity index (χ0n) is 14.9. The summed E-state index contributed by atoms with van der Waals surface area (Å²) in [5.74, 6) is -0.444. The monoisotopic (exact) mass is 378 g/mol. The Morgan fingerprint density at radius 1 is 1.04 bits per heavy atom. The molecule has 2 fully saturated rings. The fourth-order valence-electron chi connectivity index (χ4n) is 3.62. The van der Waals surface area contributed by atoms with Crippen molar-refractivity contribution in [3.8, 4) is 0 Å². The highest BCUT2D eigenvalue weighted by Crippen LogP contribution is 2.39. The molecule has 146 valence electrons. The first kappa shape index (κ1) is 19.0. The number of morpholine rings is 1. The Morgan fingerprint density at radius 2 is 1.67 bits per heavy atom. The summed E-state index contributed by atoms with van der Waals surface area (Å²) in [5.41, 5.74) is -0.558. The quantitative estimate of drug-likeness (QED) is 0.616. The van der Waals surface area contributed by atoms with Gasteiger partial charge in [-0.3, -0.25) is 25.0 Å². The Hall–Kier alpha value is -2.75. The largest absolute Gasteiger partial charge is 0.378 e. The average Bonchev–Trinajstić information content (AvgIpc) is 2.68. The number of amides is 1. The van der Waals surface area contributed by atoms with Crippen molar-refractivity contribution in [3.63, 3.8) is 0 Å². The minimum Gasteiger partial charge on any atom is -0.378 e. The Balaban J connectivity index is 1.96. The standard InChI is InChI=1S/C17H22N4O6/c22-17(12-4-2-1-3-5-12)18-13-10-15(19-6-8-27-9-7-19)16(21(25)26)11-14(13)20(23)24/h10-12H,1-9H2,(H,18,22). The number of hydrogen-bond donors (Lipinski definition) is 1. The highest BCUT2D eigenvalue weighted by Gasteiger charge is 2.30. The van der Waals surface area contributed by atoms with Crippen LogP contribution in [-0.2, 0) is 9.53 Å². The smallest absolute Gasteiger partial charge is 0.299 e. The van der Waals surface area contributed by atoms with Gasteiger partial charge in [-0.15, -0.1) is 0 Å². The van der Waals surface area contributed by atoms with E-state index < -0.39 is 15.5 Å². The molecule has 1 amide bonds. The average molecular weight is 378 g/mol. The molecular weight excluding hydrogens is 356 g/mol. The summed E-state index contributed by atoms with van der Waals surface area (Å²) in [6.45, 7) is 1.71. The molecule has 1 aromatic carbocycles. The first-order chi connectivity index (χ1) is 13.0. The molecule has 2 aliphatic rings. The van der Waals surface area contributed by atoms with Gasteiger partial charge in [-0.1, -0.05) is 19.3 Å². The van der Waals surface area contributed by atoms with Gasteiger partial charge in [0, 0.05) is 19.0 Å². The number of nitrogens with one attached hydrogen (secondary N) is 1. The van der Waals surface area contributed by atoms with Crippen LogP contribution in [0.5, 0.6) is 0 Å². The summed E-state index contributed by atoms with van der Waals surface area (Å²) in [4.78, 5) is 35.9. The summed E-state index contributed by atoms with van der Waals surface area (Å²) >= 11 is 0. The van der Waals surface area contributed by atoms with Gasteiger partial charge in [0.05, 0.1) is 29.1 Å². The molecule has 1 aliphatic heterocycles. The lowest BCUT2D eigenvalue weighted by atomic mass is 9.88. The van der Waals surface area contributed by atoms with E-state index in [0.29, 0.717) is 26.3 Å². The van der Waals surface area contributed by atoms with Gasteiger partial charge < -0.3 is 15.0 Å². The van der Waals surface area contributed by atoms with Gasteiger partial charge in [0.25, 0.3) is 11.4 Å². The molecule has 1 saturated carbocycles. The van der Waals surface area contributed by atoms with E-state index in [9.17, 15) is 25.0 Å². The number of carbonyl (C=O) groups is 1. The summed E-state index contributed by atoms with van der Waals surface area (Å²) in [6, 6.07) is 2.28. The fraction of sp³-hybridized carbons (Fsp3) is 0.588. The molecule has 27 heavy (non-hydrogen) atoms. The Morgan fingerprint density at radius 3 is 2.26 bits per heavy atom. The molecule has 0 atom stereocenters. The van der Waals surface area contributed by atoms with E-state index in [1.54, 1.807) is 4.90 Å². The Kier molecular flexibility index (Phi) is 5.84. The van der Waals surface area contributed by atoms with Crippen LogP contribution < -0.4 is 10.2 Å². The van der Waals surface area contributed by atoms with Crippen molar-refractivity contribution in [1.82, 2.24) is 0 Å². The highest BCUT2D eigenvalue weighted by molar-refractivity contribution is 5.96. The molecule has 1 saturated heterocycles. The third-order valence-electron chi connectivity index (χ3n) is 5.07. The number of benzene rings is 1. The van der Waals surface area contributed by atoms with E-state index in [-0.39, 0.29) is 28.9 Å². The van der Waals surface area contributed by atoms with Gasteiger partial charge in [-0.05, 0) is 18.9 Å². The van der Waals surface area contributed by atoms with Crippen molar-refractivity contribution in [2.24, 2.45) is 5.92 Å². The second kappa shape index (κ2) is 8.30. The van der Waals surface area contributed by atoms with E-state index in [2.05, 4.69) is 5.32 Å². The van der Waals surface area contributed by atoms with Gasteiger partial charge in [-0.25, -0.2) is 0 Å². The third-order valence-corrected chi connectivity index (χ3v) is 5.07. The molecule has 10 heteroatoms. The molecule has 10 nitrogen and oxygen atoms in total. The molecule has 3 rings (SSSR count). The maximum atomic E-state index is 12.5. The Bertz CT molecular complexity index is 741. The van der Waals surface area contributed by atoms with Gasteiger partial charge >= 0.3 is 0 Å². The van der Waals surface area contributed by atoms with Crippen molar-refractivity contribution in [2.75, 3.05) is 36.5 Å². The predicted molar refractivity (Wildman–Crippen MR) is 98.0 cm³/mol. The predicted octanol–water partition coefficient (Wildman–Crippen LogP) is 2.86. The van der Waals surface area contributed by atoms with Crippen molar-refractivity contribution >= 4 is 28.7 Å². The molecule has 1 aromatic rings. The highest BCUT2D eigenvalue weighted by atomic mass is 16.6. The minimum atomic E-state index is -0.702. The van der Waals surface area contributed by atoms with Crippen LogP contribution in [0.1, 0.15) is 32.1 Å². The number of hydrogen-bond acceptors (Lipinski definition) is 7. The first-order valence-corrected chi connectivity index (χ1v) is 9.07. The van der Waals surface area contributed by atoms with Crippen LogP contribution in [0.2, 0.25) is 0 Å². The summed E-state index contributed by atoms with van der Waals surface area (Å²) in [7, 11) is 0. The Labute approximate surface area is 155 Å². The summed E-state index contributed by atoms with van der Waals surface area (Å²) in [6.07, 6.45) is 4.51. The molecule has 0 radical (unpaired) electrons. The van der Waals surface area contributed by atoms with E-state index >= 15 is 0 Å². The fourth-order valence-corrected chi connectivity index (χ4v) is 3.62. The van der Waals surface area contributed by atoms with Crippen LogP contribution in [0.3, 0.4) is 0 Å². The number of nitro groups is 2. The van der Waals surface area contributed by atoms with Crippen LogP contribution in [-0.4, -0.2) is 42.1 Å². The number of ether oxygens (including phenoxy) is 1. The molecule has 0 spiro atoms. The number of nitro benzene ring substituents is 2. The lowest BCUT2D eigenvalue weighted by molar-refractivity contribution is -0.393. The maximum absolute atomic E-state index is 12.5. The maximum Gasteiger partial charge on any atom is 0.299 e. The zero-order valence-corrected chi connectivity index (χ0v) is 14.9. The first-order valence-electron chi connectivity index (χ1n) is 9.07.